The van der Waals surface area contributed by atoms with Gasteiger partial charge in [0.25, 0.3) is 0 Å². The van der Waals surface area contributed by atoms with Gasteiger partial charge in [-0.25, -0.2) is 0 Å². The van der Waals surface area contributed by atoms with Crippen LogP contribution < -0.4 is 4.74 Å². The van der Waals surface area contributed by atoms with Crippen LogP contribution in [0.3, 0.4) is 0 Å². The Balaban J connectivity index is 2.09. The monoisotopic (exact) mass is 245 g/mol. The number of halogens is 1. The second kappa shape index (κ2) is 3.86. The quantitative estimate of drug-likeness (QED) is 0.573. The van der Waals surface area contributed by atoms with E-state index in [-0.39, 0.29) is 5.97 Å². The second-order valence-electron chi connectivity index (χ2n) is 3.79. The van der Waals surface area contributed by atoms with E-state index in [0.717, 1.165) is 5.56 Å². The number of hydrogen-bond donors (Lipinski definition) is 0. The first-order chi connectivity index (χ1) is 8.25. The molecule has 17 heavy (non-hydrogen) atoms. The van der Waals surface area contributed by atoms with Crippen molar-refractivity contribution >= 4 is 17.6 Å². The van der Waals surface area contributed by atoms with E-state index in [4.69, 9.17) is 16.3 Å². The Kier molecular flexibility index (Phi) is 2.34. The predicted octanol–water partition coefficient (Wildman–Crippen LogP) is 2.79. The molecule has 0 N–H and O–H groups in total. The van der Waals surface area contributed by atoms with Crippen molar-refractivity contribution in [2.45, 2.75) is 5.92 Å². The van der Waals surface area contributed by atoms with E-state index >= 15 is 0 Å². The lowest BCUT2D eigenvalue weighted by molar-refractivity contribution is -0.133. The molecule has 1 atom stereocenters. The summed E-state index contributed by atoms with van der Waals surface area (Å²) in [6, 6.07) is 10.8. The SMILES string of the molecule is O=C1Oc2ccccc2C1c1ccc(Cl)cn1. The van der Waals surface area contributed by atoms with Crippen molar-refractivity contribution in [3.63, 3.8) is 0 Å². The van der Waals surface area contributed by atoms with Crippen LogP contribution in [0.2, 0.25) is 5.02 Å². The average molecular weight is 246 g/mol. The Morgan fingerprint density at radius 2 is 2.00 bits per heavy atom. The number of fused-ring (bicyclic) bond motifs is 1. The maximum Gasteiger partial charge on any atom is 0.325 e. The summed E-state index contributed by atoms with van der Waals surface area (Å²) in [5.41, 5.74) is 1.51. The lowest BCUT2D eigenvalue weighted by Gasteiger charge is -2.05. The summed E-state index contributed by atoms with van der Waals surface area (Å²) >= 11 is 5.78. The van der Waals surface area contributed by atoms with E-state index < -0.39 is 5.92 Å². The van der Waals surface area contributed by atoms with Gasteiger partial charge in [0.1, 0.15) is 11.7 Å². The Hall–Kier alpha value is -1.87. The number of para-hydroxylation sites is 1. The van der Waals surface area contributed by atoms with Gasteiger partial charge >= 0.3 is 5.97 Å². The summed E-state index contributed by atoms with van der Waals surface area (Å²) in [6.07, 6.45) is 1.53. The van der Waals surface area contributed by atoms with E-state index in [0.29, 0.717) is 16.5 Å². The zero-order valence-electron chi connectivity index (χ0n) is 8.76. The molecule has 0 amide bonds. The van der Waals surface area contributed by atoms with E-state index in [1.165, 1.54) is 6.20 Å². The Morgan fingerprint density at radius 3 is 2.76 bits per heavy atom. The maximum absolute atomic E-state index is 11.8. The van der Waals surface area contributed by atoms with Crippen molar-refractivity contribution in [1.29, 1.82) is 0 Å². The van der Waals surface area contributed by atoms with Gasteiger partial charge in [-0.05, 0) is 18.2 Å². The fourth-order valence-electron chi connectivity index (χ4n) is 1.94. The van der Waals surface area contributed by atoms with Crippen LogP contribution in [0.25, 0.3) is 0 Å². The number of carbonyl (C=O) groups is 1. The molecule has 0 fully saturated rings. The molecule has 2 aromatic rings. The number of pyridine rings is 1. The minimum Gasteiger partial charge on any atom is -0.425 e. The molecule has 0 saturated heterocycles. The molecule has 1 aromatic heterocycles. The van der Waals surface area contributed by atoms with Gasteiger partial charge in [-0.15, -0.1) is 0 Å². The van der Waals surface area contributed by atoms with Gasteiger partial charge in [-0.2, -0.15) is 0 Å². The van der Waals surface area contributed by atoms with Crippen LogP contribution in [0, 0.1) is 0 Å². The second-order valence-corrected chi connectivity index (χ2v) is 4.23. The molecule has 0 saturated carbocycles. The molecule has 1 unspecified atom stereocenters. The first-order valence-electron chi connectivity index (χ1n) is 5.18. The largest absolute Gasteiger partial charge is 0.425 e. The lowest BCUT2D eigenvalue weighted by atomic mass is 9.97. The van der Waals surface area contributed by atoms with Crippen LogP contribution in [0.15, 0.2) is 42.6 Å². The van der Waals surface area contributed by atoms with Crippen LogP contribution in [0.1, 0.15) is 17.2 Å². The summed E-state index contributed by atoms with van der Waals surface area (Å²) in [4.78, 5) is 16.0. The third-order valence-electron chi connectivity index (χ3n) is 2.72. The van der Waals surface area contributed by atoms with Crippen molar-refractivity contribution in [2.75, 3.05) is 0 Å². The van der Waals surface area contributed by atoms with Crippen molar-refractivity contribution in [3.05, 3.63) is 58.9 Å². The maximum atomic E-state index is 11.8. The highest BCUT2D eigenvalue weighted by Gasteiger charge is 2.34. The highest BCUT2D eigenvalue weighted by Crippen LogP contribution is 2.38. The summed E-state index contributed by atoms with van der Waals surface area (Å²) in [5.74, 6) is -0.122. The van der Waals surface area contributed by atoms with Crippen LogP contribution in [0.5, 0.6) is 5.75 Å². The Bertz CT molecular complexity index is 580. The highest BCUT2D eigenvalue weighted by molar-refractivity contribution is 6.30. The molecular weight excluding hydrogens is 238 g/mol. The molecule has 3 nitrogen and oxygen atoms in total. The molecule has 0 bridgehead atoms. The molecule has 0 radical (unpaired) electrons. The summed E-state index contributed by atoms with van der Waals surface area (Å²) in [5, 5.41) is 0.549. The van der Waals surface area contributed by atoms with Crippen LogP contribution >= 0.6 is 11.6 Å². The highest BCUT2D eigenvalue weighted by atomic mass is 35.5. The first-order valence-corrected chi connectivity index (χ1v) is 5.55. The first kappa shape index (κ1) is 10.3. The van der Waals surface area contributed by atoms with E-state index in [1.54, 1.807) is 18.2 Å². The van der Waals surface area contributed by atoms with Crippen LogP contribution in [-0.4, -0.2) is 11.0 Å². The number of carbonyl (C=O) groups excluding carboxylic acids is 1. The lowest BCUT2D eigenvalue weighted by Crippen LogP contribution is -2.12. The summed E-state index contributed by atoms with van der Waals surface area (Å²) in [7, 11) is 0. The van der Waals surface area contributed by atoms with E-state index in [2.05, 4.69) is 4.98 Å². The summed E-state index contributed by atoms with van der Waals surface area (Å²) in [6.45, 7) is 0. The normalized spacial score (nSPS) is 17.7. The Morgan fingerprint density at radius 1 is 1.18 bits per heavy atom. The fraction of sp³-hybridized carbons (Fsp3) is 0.0769. The number of esters is 1. The van der Waals surface area contributed by atoms with Crippen molar-refractivity contribution < 1.29 is 9.53 Å². The standard InChI is InChI=1S/C13H8ClNO2/c14-8-5-6-10(15-7-8)12-9-3-1-2-4-11(9)17-13(12)16/h1-7,12H. The number of ether oxygens (including phenoxy) is 1. The smallest absolute Gasteiger partial charge is 0.325 e. The van der Waals surface area contributed by atoms with E-state index in [9.17, 15) is 4.79 Å². The third kappa shape index (κ3) is 1.68. The molecule has 3 rings (SSSR count). The van der Waals surface area contributed by atoms with Gasteiger partial charge in [0.2, 0.25) is 0 Å². The average Bonchev–Trinajstić information content (AvgIpc) is 2.66. The molecular formula is C13H8ClNO2. The van der Waals surface area contributed by atoms with Gasteiger partial charge in [0.15, 0.2) is 0 Å². The number of hydrogen-bond acceptors (Lipinski definition) is 3. The van der Waals surface area contributed by atoms with Crippen molar-refractivity contribution in [3.8, 4) is 5.75 Å². The van der Waals surface area contributed by atoms with E-state index in [1.807, 2.05) is 18.2 Å². The van der Waals surface area contributed by atoms with Crippen molar-refractivity contribution in [2.24, 2.45) is 0 Å². The number of nitrogens with zero attached hydrogens (tertiary/aromatic N) is 1. The molecule has 1 aliphatic heterocycles. The van der Waals surface area contributed by atoms with Gasteiger partial charge < -0.3 is 4.74 Å². The van der Waals surface area contributed by atoms with Crippen molar-refractivity contribution in [1.82, 2.24) is 4.98 Å². The zero-order valence-corrected chi connectivity index (χ0v) is 9.52. The van der Waals surface area contributed by atoms with Crippen LogP contribution in [0.4, 0.5) is 0 Å². The topological polar surface area (TPSA) is 39.2 Å². The number of benzene rings is 1. The third-order valence-corrected chi connectivity index (χ3v) is 2.95. The predicted molar refractivity (Wildman–Crippen MR) is 63.2 cm³/mol. The molecule has 84 valence electrons. The fourth-order valence-corrected chi connectivity index (χ4v) is 2.06. The zero-order chi connectivity index (χ0) is 11.8. The van der Waals surface area contributed by atoms with Gasteiger partial charge in [0.05, 0.1) is 10.7 Å². The number of rotatable bonds is 1. The van der Waals surface area contributed by atoms with Gasteiger partial charge in [0, 0.05) is 11.8 Å². The molecule has 1 aliphatic rings. The molecule has 2 heterocycles. The minimum absolute atomic E-state index is 0.291. The minimum atomic E-state index is -0.441. The molecule has 0 aliphatic carbocycles. The number of aromatic nitrogens is 1. The molecule has 1 aromatic carbocycles. The van der Waals surface area contributed by atoms with Gasteiger partial charge in [-0.1, -0.05) is 29.8 Å². The Labute approximate surface area is 103 Å². The molecule has 4 heteroatoms. The van der Waals surface area contributed by atoms with Crippen LogP contribution in [-0.2, 0) is 4.79 Å². The summed E-state index contributed by atoms with van der Waals surface area (Å²) < 4.78 is 5.19. The molecule has 0 spiro atoms. The van der Waals surface area contributed by atoms with Gasteiger partial charge in [-0.3, -0.25) is 9.78 Å².